The highest BCUT2D eigenvalue weighted by Gasteiger charge is 2.25. The molecule has 0 aliphatic carbocycles. The van der Waals surface area contributed by atoms with Gasteiger partial charge in [0.15, 0.2) is 5.17 Å². The van der Waals surface area contributed by atoms with E-state index in [1.165, 1.54) is 17.8 Å². The molecule has 1 amide bonds. The summed E-state index contributed by atoms with van der Waals surface area (Å²) in [6.07, 6.45) is 1.83. The molecule has 2 heterocycles. The van der Waals surface area contributed by atoms with Crippen LogP contribution in [0, 0.1) is 34.1 Å². The maximum atomic E-state index is 12.6. The number of carbonyl (C=O) groups is 1. The fourth-order valence-corrected chi connectivity index (χ4v) is 5.32. The molecule has 41 heavy (non-hydrogen) atoms. The molecular formula is C28H20BrN5O6S. The van der Waals surface area contributed by atoms with Gasteiger partial charge in [-0.2, -0.15) is 0 Å². The molecule has 11 nitrogen and oxygen atoms in total. The summed E-state index contributed by atoms with van der Waals surface area (Å²) >= 11 is 4.66. The third kappa shape index (κ3) is 6.05. The van der Waals surface area contributed by atoms with Gasteiger partial charge in [0.05, 0.1) is 26.5 Å². The zero-order valence-electron chi connectivity index (χ0n) is 21.5. The molecule has 4 aromatic rings. The van der Waals surface area contributed by atoms with Gasteiger partial charge >= 0.3 is 5.69 Å². The maximum absolute atomic E-state index is 12.6. The lowest BCUT2D eigenvalue weighted by Crippen LogP contribution is -2.19. The second-order valence-corrected chi connectivity index (χ2v) is 10.8. The minimum absolute atomic E-state index is 0.106. The van der Waals surface area contributed by atoms with Gasteiger partial charge in [-0.3, -0.25) is 25.0 Å². The molecule has 0 saturated carbocycles. The number of nitro benzene ring substituents is 2. The number of nitrogens with zero attached hydrogens (tertiary/aromatic N) is 4. The quantitative estimate of drug-likeness (QED) is 0.127. The summed E-state index contributed by atoms with van der Waals surface area (Å²) in [6.45, 7) is 3.89. The monoisotopic (exact) mass is 633 g/mol. The number of hydrogen-bond donors (Lipinski definition) is 1. The van der Waals surface area contributed by atoms with Gasteiger partial charge in [-0.05, 0) is 97.9 Å². The summed E-state index contributed by atoms with van der Waals surface area (Å²) in [5, 5.41) is 25.7. The van der Waals surface area contributed by atoms with Crippen LogP contribution in [-0.4, -0.2) is 25.5 Å². The Morgan fingerprint density at radius 2 is 1.68 bits per heavy atom. The number of halogens is 1. The Morgan fingerprint density at radius 3 is 2.34 bits per heavy atom. The molecule has 0 atom stereocenters. The first kappa shape index (κ1) is 27.8. The predicted octanol–water partition coefficient (Wildman–Crippen LogP) is 7.36. The van der Waals surface area contributed by atoms with E-state index in [1.54, 1.807) is 24.3 Å². The third-order valence-electron chi connectivity index (χ3n) is 6.14. The fraction of sp³-hybridized carbons (Fsp3) is 0.0714. The average molecular weight is 634 g/mol. The number of aromatic nitrogens is 1. The fourth-order valence-electron chi connectivity index (χ4n) is 4.22. The average Bonchev–Trinajstić information content (AvgIpc) is 3.42. The summed E-state index contributed by atoms with van der Waals surface area (Å²) in [5.41, 5.74) is 3.35. The standard InChI is InChI=1S/C28H20BrN5O6S/c1-16-13-18(14-26-27(35)31-28(41-26)30-20-5-3-19(29)4-6-20)17(2)32(16)21-7-10-23(11-8-21)40-25-12-9-22(33(36)37)15-24(25)34(38)39/h3-15H,1-2H3,(H,30,31,35)/b26-14-. The minimum Gasteiger partial charge on any atom is -0.450 e. The Morgan fingerprint density at radius 1 is 0.976 bits per heavy atom. The largest absolute Gasteiger partial charge is 0.450 e. The van der Waals surface area contributed by atoms with Crippen LogP contribution >= 0.6 is 27.7 Å². The number of hydrogen-bond acceptors (Lipinski definition) is 8. The second-order valence-electron chi connectivity index (χ2n) is 8.88. The highest BCUT2D eigenvalue weighted by molar-refractivity contribution is 9.10. The van der Waals surface area contributed by atoms with Crippen LogP contribution in [0.5, 0.6) is 11.5 Å². The van der Waals surface area contributed by atoms with Crippen molar-refractivity contribution < 1.29 is 19.4 Å². The summed E-state index contributed by atoms with van der Waals surface area (Å²) in [6, 6.07) is 19.6. The molecule has 1 aromatic heterocycles. The van der Waals surface area contributed by atoms with E-state index in [-0.39, 0.29) is 11.7 Å². The van der Waals surface area contributed by atoms with Crippen molar-refractivity contribution in [1.29, 1.82) is 0 Å². The van der Waals surface area contributed by atoms with E-state index < -0.39 is 21.2 Å². The highest BCUT2D eigenvalue weighted by Crippen LogP contribution is 2.35. The molecule has 1 N–H and O–H groups in total. The molecule has 1 fully saturated rings. The molecule has 0 unspecified atom stereocenters. The number of nitrogens with one attached hydrogen (secondary N) is 1. The van der Waals surface area contributed by atoms with Gasteiger partial charge in [0.1, 0.15) is 5.75 Å². The van der Waals surface area contributed by atoms with Crippen molar-refractivity contribution in [3.8, 4) is 17.2 Å². The van der Waals surface area contributed by atoms with Crippen molar-refractivity contribution in [3.05, 3.63) is 119 Å². The summed E-state index contributed by atoms with van der Waals surface area (Å²) in [5.74, 6) is -0.00408. The molecule has 0 spiro atoms. The van der Waals surface area contributed by atoms with E-state index in [0.717, 1.165) is 44.9 Å². The lowest BCUT2D eigenvalue weighted by atomic mass is 10.2. The highest BCUT2D eigenvalue weighted by atomic mass is 79.9. The number of non-ortho nitro benzene ring substituents is 1. The SMILES string of the molecule is Cc1cc(/C=C2\SC(=Nc3ccc(Br)cc3)NC2=O)c(C)n1-c1ccc(Oc2ccc([N+](=O)[O-])cc2[N+](=O)[O-])cc1. The number of aryl methyl sites for hydroxylation is 1. The Kier molecular flexibility index (Phi) is 7.72. The molecular weight excluding hydrogens is 614 g/mol. The number of rotatable bonds is 7. The van der Waals surface area contributed by atoms with Crippen LogP contribution in [0.1, 0.15) is 17.0 Å². The first-order valence-electron chi connectivity index (χ1n) is 12.0. The van der Waals surface area contributed by atoms with Crippen molar-refractivity contribution in [2.45, 2.75) is 13.8 Å². The topological polar surface area (TPSA) is 142 Å². The second kappa shape index (κ2) is 11.4. The van der Waals surface area contributed by atoms with Crippen molar-refractivity contribution in [1.82, 2.24) is 9.88 Å². The smallest absolute Gasteiger partial charge is 0.318 e. The zero-order chi connectivity index (χ0) is 29.3. The van der Waals surface area contributed by atoms with Crippen molar-refractivity contribution in [2.75, 3.05) is 0 Å². The Labute approximate surface area is 246 Å². The van der Waals surface area contributed by atoms with Gasteiger partial charge < -0.3 is 14.6 Å². The van der Waals surface area contributed by atoms with E-state index in [2.05, 4.69) is 26.2 Å². The summed E-state index contributed by atoms with van der Waals surface area (Å²) in [4.78, 5) is 38.6. The van der Waals surface area contributed by atoms with Gasteiger partial charge in [0.25, 0.3) is 11.6 Å². The van der Waals surface area contributed by atoms with Gasteiger partial charge in [-0.15, -0.1) is 0 Å². The first-order valence-corrected chi connectivity index (χ1v) is 13.7. The van der Waals surface area contributed by atoms with E-state index in [4.69, 9.17) is 4.74 Å². The lowest BCUT2D eigenvalue weighted by molar-refractivity contribution is -0.394. The number of benzene rings is 3. The van der Waals surface area contributed by atoms with Crippen LogP contribution in [0.2, 0.25) is 0 Å². The van der Waals surface area contributed by atoms with Gasteiger partial charge in [-0.1, -0.05) is 15.9 Å². The van der Waals surface area contributed by atoms with Crippen LogP contribution in [-0.2, 0) is 4.79 Å². The van der Waals surface area contributed by atoms with Gasteiger partial charge in [0, 0.05) is 27.6 Å². The van der Waals surface area contributed by atoms with Crippen molar-refractivity contribution >= 4 is 61.9 Å². The summed E-state index contributed by atoms with van der Waals surface area (Å²) < 4.78 is 8.63. The van der Waals surface area contributed by atoms with Crippen molar-refractivity contribution in [3.63, 3.8) is 0 Å². The van der Waals surface area contributed by atoms with Gasteiger partial charge in [0.2, 0.25) is 5.75 Å². The molecule has 1 aliphatic rings. The predicted molar refractivity (Wildman–Crippen MR) is 160 cm³/mol. The molecule has 206 valence electrons. The number of amides is 1. The zero-order valence-corrected chi connectivity index (χ0v) is 23.9. The molecule has 1 aliphatic heterocycles. The molecule has 3 aromatic carbocycles. The Bertz CT molecular complexity index is 1760. The molecule has 0 bridgehead atoms. The van der Waals surface area contributed by atoms with E-state index >= 15 is 0 Å². The van der Waals surface area contributed by atoms with Gasteiger partial charge in [-0.25, -0.2) is 4.99 Å². The van der Waals surface area contributed by atoms with Crippen LogP contribution in [0.15, 0.2) is 87.2 Å². The molecule has 1 saturated heterocycles. The number of thioether (sulfide) groups is 1. The number of amidine groups is 1. The van der Waals surface area contributed by atoms with Crippen LogP contribution in [0.25, 0.3) is 11.8 Å². The Hall–Kier alpha value is -4.75. The van der Waals surface area contributed by atoms with Crippen LogP contribution < -0.4 is 10.1 Å². The van der Waals surface area contributed by atoms with E-state index in [0.29, 0.717) is 15.8 Å². The normalized spacial score (nSPS) is 14.9. The third-order valence-corrected chi connectivity index (χ3v) is 7.58. The van der Waals surface area contributed by atoms with E-state index in [9.17, 15) is 25.0 Å². The number of aliphatic imine (C=N–C) groups is 1. The Balaban J connectivity index is 1.36. The van der Waals surface area contributed by atoms with Crippen molar-refractivity contribution in [2.24, 2.45) is 4.99 Å². The summed E-state index contributed by atoms with van der Waals surface area (Å²) in [7, 11) is 0. The van der Waals surface area contributed by atoms with E-state index in [1.807, 2.05) is 54.8 Å². The van der Waals surface area contributed by atoms with Crippen LogP contribution in [0.4, 0.5) is 17.1 Å². The maximum Gasteiger partial charge on any atom is 0.318 e. The number of carbonyl (C=O) groups excluding carboxylic acids is 1. The lowest BCUT2D eigenvalue weighted by Gasteiger charge is -2.11. The first-order chi connectivity index (χ1) is 19.6. The minimum atomic E-state index is -0.724. The van der Waals surface area contributed by atoms with Crippen LogP contribution in [0.3, 0.4) is 0 Å². The molecule has 0 radical (unpaired) electrons. The molecule has 5 rings (SSSR count). The number of ether oxygens (including phenoxy) is 1. The molecule has 13 heteroatoms. The number of nitro groups is 2.